The molecule has 2 atom stereocenters. The summed E-state index contributed by atoms with van der Waals surface area (Å²) >= 11 is 0. The molecule has 1 heterocycles. The molecule has 0 bridgehead atoms. The fraction of sp³-hybridized carbons (Fsp3) is 0.909. The van der Waals surface area contributed by atoms with Crippen LogP contribution in [0.5, 0.6) is 0 Å². The molecule has 1 aliphatic rings. The topological polar surface area (TPSA) is 52.6 Å². The Morgan fingerprint density at radius 3 is 2.73 bits per heavy atom. The van der Waals surface area contributed by atoms with Crippen LogP contribution in [0.4, 0.5) is 0 Å². The molecule has 1 aliphatic heterocycles. The highest BCUT2D eigenvalue weighted by Gasteiger charge is 2.27. The number of carboxylic acid groups (broad SMARTS) is 1. The number of rotatable bonds is 4. The minimum atomic E-state index is -0.698. The van der Waals surface area contributed by atoms with Crippen molar-refractivity contribution < 1.29 is 9.90 Å². The molecule has 0 saturated carbocycles. The van der Waals surface area contributed by atoms with Crippen molar-refractivity contribution in [2.24, 2.45) is 11.8 Å². The highest BCUT2D eigenvalue weighted by Crippen LogP contribution is 2.14. The van der Waals surface area contributed by atoms with Crippen LogP contribution in [0.2, 0.25) is 0 Å². The maximum atomic E-state index is 10.8. The van der Waals surface area contributed by atoms with Crippen LogP contribution < -0.4 is 5.32 Å². The van der Waals surface area contributed by atoms with Gasteiger partial charge in [0.15, 0.2) is 0 Å². The Hall–Kier alpha value is -0.610. The zero-order chi connectivity index (χ0) is 11.4. The predicted molar refractivity (Wildman–Crippen MR) is 59.9 cm³/mol. The van der Waals surface area contributed by atoms with Crippen molar-refractivity contribution in [2.45, 2.75) is 26.8 Å². The molecular weight excluding hydrogens is 192 g/mol. The first-order valence-electron chi connectivity index (χ1n) is 5.70. The highest BCUT2D eigenvalue weighted by molar-refractivity contribution is 5.69. The zero-order valence-corrected chi connectivity index (χ0v) is 9.86. The molecule has 0 aliphatic carbocycles. The summed E-state index contributed by atoms with van der Waals surface area (Å²) in [4.78, 5) is 13.1. The summed E-state index contributed by atoms with van der Waals surface area (Å²) in [5.74, 6) is -0.404. The molecule has 15 heavy (non-hydrogen) atoms. The van der Waals surface area contributed by atoms with Gasteiger partial charge in [-0.2, -0.15) is 0 Å². The molecule has 0 aromatic rings. The molecule has 88 valence electrons. The quantitative estimate of drug-likeness (QED) is 0.721. The van der Waals surface area contributed by atoms with Gasteiger partial charge < -0.3 is 10.4 Å². The van der Waals surface area contributed by atoms with Gasteiger partial charge in [-0.05, 0) is 5.92 Å². The van der Waals surface area contributed by atoms with Crippen LogP contribution in [0.15, 0.2) is 0 Å². The van der Waals surface area contributed by atoms with E-state index in [9.17, 15) is 4.79 Å². The van der Waals surface area contributed by atoms with Crippen LogP contribution >= 0.6 is 0 Å². The summed E-state index contributed by atoms with van der Waals surface area (Å²) < 4.78 is 0. The van der Waals surface area contributed by atoms with Crippen molar-refractivity contribution in [2.75, 3.05) is 26.2 Å². The van der Waals surface area contributed by atoms with Crippen LogP contribution in [0, 0.1) is 11.8 Å². The average molecular weight is 214 g/mol. The van der Waals surface area contributed by atoms with E-state index in [1.165, 1.54) is 0 Å². The second kappa shape index (κ2) is 5.47. The summed E-state index contributed by atoms with van der Waals surface area (Å²) in [6.07, 6.45) is 0. The molecule has 4 heteroatoms. The molecule has 1 rings (SSSR count). The lowest BCUT2D eigenvalue weighted by atomic mass is 9.99. The van der Waals surface area contributed by atoms with E-state index >= 15 is 0 Å². The lowest BCUT2D eigenvalue weighted by molar-refractivity contribution is -0.142. The maximum Gasteiger partial charge on any atom is 0.307 e. The van der Waals surface area contributed by atoms with E-state index in [0.29, 0.717) is 18.5 Å². The molecule has 0 aromatic carbocycles. The third-order valence-electron chi connectivity index (χ3n) is 3.10. The van der Waals surface area contributed by atoms with Gasteiger partial charge in [0.2, 0.25) is 0 Å². The van der Waals surface area contributed by atoms with Crippen LogP contribution in [-0.4, -0.2) is 48.2 Å². The van der Waals surface area contributed by atoms with Gasteiger partial charge in [-0.1, -0.05) is 20.8 Å². The smallest absolute Gasteiger partial charge is 0.307 e. The molecule has 1 fully saturated rings. The van der Waals surface area contributed by atoms with Crippen molar-refractivity contribution >= 4 is 5.97 Å². The third-order valence-corrected chi connectivity index (χ3v) is 3.10. The minimum absolute atomic E-state index is 0.274. The Balaban J connectivity index is 2.53. The summed E-state index contributed by atoms with van der Waals surface area (Å²) in [7, 11) is 0. The lowest BCUT2D eigenvalue weighted by Crippen LogP contribution is -2.55. The first-order chi connectivity index (χ1) is 7.02. The van der Waals surface area contributed by atoms with Gasteiger partial charge in [-0.3, -0.25) is 9.69 Å². The summed E-state index contributed by atoms with van der Waals surface area (Å²) in [5, 5.41) is 12.3. The van der Waals surface area contributed by atoms with E-state index in [1.807, 2.05) is 0 Å². The fourth-order valence-corrected chi connectivity index (χ4v) is 2.08. The van der Waals surface area contributed by atoms with Gasteiger partial charge in [0.1, 0.15) is 0 Å². The lowest BCUT2D eigenvalue weighted by Gasteiger charge is -2.39. The van der Waals surface area contributed by atoms with E-state index in [0.717, 1.165) is 19.6 Å². The van der Waals surface area contributed by atoms with Gasteiger partial charge in [0.25, 0.3) is 0 Å². The Morgan fingerprint density at radius 1 is 1.53 bits per heavy atom. The van der Waals surface area contributed by atoms with E-state index in [-0.39, 0.29) is 5.92 Å². The SMILES string of the molecule is CC(CN1CCNCC1C(C)C)C(=O)O. The molecule has 0 amide bonds. The standard InChI is InChI=1S/C11H22N2O2/c1-8(2)10-6-12-4-5-13(10)7-9(3)11(14)15/h8-10,12H,4-7H2,1-3H3,(H,14,15). The Labute approximate surface area is 91.6 Å². The second-order valence-electron chi connectivity index (χ2n) is 4.75. The second-order valence-corrected chi connectivity index (χ2v) is 4.75. The molecule has 0 spiro atoms. The van der Waals surface area contributed by atoms with Crippen molar-refractivity contribution in [3.63, 3.8) is 0 Å². The Bertz CT molecular complexity index is 219. The fourth-order valence-electron chi connectivity index (χ4n) is 2.08. The van der Waals surface area contributed by atoms with Crippen LogP contribution in [0.3, 0.4) is 0 Å². The predicted octanol–water partition coefficient (Wildman–Crippen LogP) is 0.637. The van der Waals surface area contributed by atoms with Gasteiger partial charge in [-0.25, -0.2) is 0 Å². The molecule has 2 unspecified atom stereocenters. The molecule has 4 nitrogen and oxygen atoms in total. The molecule has 0 radical (unpaired) electrons. The van der Waals surface area contributed by atoms with Crippen LogP contribution in [0.1, 0.15) is 20.8 Å². The van der Waals surface area contributed by atoms with Crippen molar-refractivity contribution in [1.29, 1.82) is 0 Å². The third kappa shape index (κ3) is 3.47. The van der Waals surface area contributed by atoms with E-state index < -0.39 is 5.97 Å². The normalized spacial score (nSPS) is 25.5. The van der Waals surface area contributed by atoms with E-state index in [4.69, 9.17) is 5.11 Å². The summed E-state index contributed by atoms with van der Waals surface area (Å²) in [5.41, 5.74) is 0. The average Bonchev–Trinajstić information content (AvgIpc) is 2.18. The minimum Gasteiger partial charge on any atom is -0.481 e. The Morgan fingerprint density at radius 2 is 2.20 bits per heavy atom. The molecular formula is C11H22N2O2. The monoisotopic (exact) mass is 214 g/mol. The number of hydrogen-bond donors (Lipinski definition) is 2. The molecule has 1 saturated heterocycles. The van der Waals surface area contributed by atoms with E-state index in [2.05, 4.69) is 24.1 Å². The van der Waals surface area contributed by atoms with Crippen LogP contribution in [-0.2, 0) is 4.79 Å². The molecule has 0 aromatic heterocycles. The number of nitrogens with zero attached hydrogens (tertiary/aromatic N) is 1. The number of nitrogens with one attached hydrogen (secondary N) is 1. The first-order valence-corrected chi connectivity index (χ1v) is 5.70. The van der Waals surface area contributed by atoms with Crippen molar-refractivity contribution in [3.8, 4) is 0 Å². The maximum absolute atomic E-state index is 10.8. The van der Waals surface area contributed by atoms with Crippen molar-refractivity contribution in [1.82, 2.24) is 10.2 Å². The van der Waals surface area contributed by atoms with Crippen molar-refractivity contribution in [3.05, 3.63) is 0 Å². The van der Waals surface area contributed by atoms with Crippen LogP contribution in [0.25, 0.3) is 0 Å². The number of carbonyl (C=O) groups is 1. The number of hydrogen-bond acceptors (Lipinski definition) is 3. The van der Waals surface area contributed by atoms with Gasteiger partial charge in [-0.15, -0.1) is 0 Å². The van der Waals surface area contributed by atoms with Gasteiger partial charge >= 0.3 is 5.97 Å². The summed E-state index contributed by atoms with van der Waals surface area (Å²) in [6.45, 7) is 9.73. The molecule has 2 N–H and O–H groups in total. The highest BCUT2D eigenvalue weighted by atomic mass is 16.4. The first kappa shape index (κ1) is 12.5. The number of carboxylic acids is 1. The zero-order valence-electron chi connectivity index (χ0n) is 9.86. The number of aliphatic carboxylic acids is 1. The Kier molecular flexibility index (Phi) is 4.54. The van der Waals surface area contributed by atoms with Gasteiger partial charge in [0, 0.05) is 32.2 Å². The van der Waals surface area contributed by atoms with E-state index in [1.54, 1.807) is 6.92 Å². The summed E-state index contributed by atoms with van der Waals surface area (Å²) in [6, 6.07) is 0.473. The van der Waals surface area contributed by atoms with Gasteiger partial charge in [0.05, 0.1) is 5.92 Å². The number of piperazine rings is 1. The largest absolute Gasteiger partial charge is 0.481 e.